The van der Waals surface area contributed by atoms with Crippen molar-refractivity contribution in [2.45, 2.75) is 31.5 Å². The highest BCUT2D eigenvalue weighted by Gasteiger charge is 2.27. The summed E-state index contributed by atoms with van der Waals surface area (Å²) in [6.45, 7) is 1.12. The van der Waals surface area contributed by atoms with Crippen molar-refractivity contribution < 1.29 is 19.8 Å². The first-order valence-corrected chi connectivity index (χ1v) is 11.3. The van der Waals surface area contributed by atoms with Crippen LogP contribution >= 0.6 is 0 Å². The lowest BCUT2D eigenvalue weighted by atomic mass is 10.2. The van der Waals surface area contributed by atoms with Gasteiger partial charge in [-0.3, -0.25) is 5.21 Å². The minimum atomic E-state index is -0.597. The monoisotopic (exact) mass is 462 g/mol. The van der Waals surface area contributed by atoms with Gasteiger partial charge in [0.25, 0.3) is 0 Å². The van der Waals surface area contributed by atoms with Gasteiger partial charge in [0.15, 0.2) is 11.5 Å². The van der Waals surface area contributed by atoms with E-state index < -0.39 is 6.10 Å². The molecule has 176 valence electrons. The Hall–Kier alpha value is -3.76. The standard InChI is InChI=1S/C24H28N7O3/c1-25-12-19(32)15-34-20-6-2-5-17(10-20)22-28-23(26-11-16-4-3-9-30(33)14-16)21-13-27-31(18-7-8-18)24(21)29-22/h2-6,9-10,13-14,18-19,25,32-33H,7-8,11-12,15H2,1H3,(H,26,28,29)/q+1. The van der Waals surface area contributed by atoms with E-state index in [-0.39, 0.29) is 6.61 Å². The lowest BCUT2D eigenvalue weighted by Crippen LogP contribution is -2.29. The van der Waals surface area contributed by atoms with Crippen LogP contribution < -0.4 is 20.1 Å². The smallest absolute Gasteiger partial charge is 0.227 e. The van der Waals surface area contributed by atoms with Gasteiger partial charge in [-0.15, -0.1) is 0 Å². The SMILES string of the molecule is CNCC(O)COc1cccc(-c2nc(NCc3ccc[n+](O)c3)c3cnn(C4CC4)c3n2)c1. The predicted octanol–water partition coefficient (Wildman–Crippen LogP) is 1.92. The zero-order chi connectivity index (χ0) is 23.5. The summed E-state index contributed by atoms with van der Waals surface area (Å²) in [5.74, 6) is 1.87. The lowest BCUT2D eigenvalue weighted by Gasteiger charge is -2.13. The number of hydrogen-bond donors (Lipinski definition) is 4. The molecule has 0 radical (unpaired) electrons. The van der Waals surface area contributed by atoms with Crippen molar-refractivity contribution >= 4 is 16.9 Å². The fourth-order valence-corrected chi connectivity index (χ4v) is 3.79. The molecule has 1 saturated carbocycles. The van der Waals surface area contributed by atoms with Crippen molar-refractivity contribution in [3.05, 3.63) is 60.6 Å². The minimum absolute atomic E-state index is 0.188. The van der Waals surface area contributed by atoms with Crippen LogP contribution in [-0.2, 0) is 6.54 Å². The number of nitrogens with zero attached hydrogens (tertiary/aromatic N) is 5. The summed E-state index contributed by atoms with van der Waals surface area (Å²) in [6, 6.07) is 11.6. The third-order valence-corrected chi connectivity index (χ3v) is 5.63. The highest BCUT2D eigenvalue weighted by Crippen LogP contribution is 2.37. The van der Waals surface area contributed by atoms with Gasteiger partial charge in [-0.25, -0.2) is 14.6 Å². The first-order chi connectivity index (χ1) is 16.6. The largest absolute Gasteiger partial charge is 0.491 e. The Balaban J connectivity index is 1.46. The average molecular weight is 463 g/mol. The Morgan fingerprint density at radius 2 is 2.12 bits per heavy atom. The fraction of sp³-hybridized carbons (Fsp3) is 0.333. The van der Waals surface area contributed by atoms with Gasteiger partial charge in [0.1, 0.15) is 24.3 Å². The summed E-state index contributed by atoms with van der Waals surface area (Å²) >= 11 is 0. The Morgan fingerprint density at radius 3 is 2.91 bits per heavy atom. The first kappa shape index (κ1) is 22.1. The summed E-state index contributed by atoms with van der Waals surface area (Å²) < 4.78 is 8.78. The molecule has 0 spiro atoms. The molecule has 34 heavy (non-hydrogen) atoms. The van der Waals surface area contributed by atoms with Crippen LogP contribution in [0.3, 0.4) is 0 Å². The quantitative estimate of drug-likeness (QED) is 0.208. The number of anilines is 1. The Bertz CT molecular complexity index is 1290. The number of pyridine rings is 1. The van der Waals surface area contributed by atoms with E-state index in [0.29, 0.717) is 36.5 Å². The van der Waals surface area contributed by atoms with Crippen LogP contribution in [0.15, 0.2) is 55.0 Å². The molecule has 1 atom stereocenters. The Labute approximate surface area is 196 Å². The second-order valence-corrected chi connectivity index (χ2v) is 8.45. The van der Waals surface area contributed by atoms with Crippen LogP contribution in [0.2, 0.25) is 0 Å². The zero-order valence-corrected chi connectivity index (χ0v) is 18.9. The maximum absolute atomic E-state index is 9.94. The molecule has 3 aromatic heterocycles. The number of aliphatic hydroxyl groups is 1. The van der Waals surface area contributed by atoms with E-state index in [1.54, 1.807) is 31.7 Å². The van der Waals surface area contributed by atoms with Crippen molar-refractivity contribution in [1.82, 2.24) is 25.1 Å². The molecule has 3 heterocycles. The topological polar surface area (TPSA) is 121 Å². The van der Waals surface area contributed by atoms with Gasteiger partial charge >= 0.3 is 0 Å². The van der Waals surface area contributed by atoms with Gasteiger partial charge in [-0.2, -0.15) is 5.10 Å². The van der Waals surface area contributed by atoms with E-state index >= 15 is 0 Å². The molecule has 5 rings (SSSR count). The summed E-state index contributed by atoms with van der Waals surface area (Å²) in [5.41, 5.74) is 2.50. The number of likely N-dealkylation sites (N-methyl/N-ethyl adjacent to an activating group) is 1. The van der Waals surface area contributed by atoms with Crippen LogP contribution in [0.25, 0.3) is 22.4 Å². The van der Waals surface area contributed by atoms with Gasteiger partial charge in [-0.05, 0) is 38.1 Å². The van der Waals surface area contributed by atoms with E-state index in [2.05, 4.69) is 15.7 Å². The van der Waals surface area contributed by atoms with Crippen molar-refractivity contribution in [2.24, 2.45) is 0 Å². The van der Waals surface area contributed by atoms with E-state index in [9.17, 15) is 10.3 Å². The molecule has 1 aromatic carbocycles. The normalized spacial score (nSPS) is 14.3. The molecule has 4 N–H and O–H groups in total. The third kappa shape index (κ3) is 4.92. The molecular weight excluding hydrogens is 434 g/mol. The molecule has 0 bridgehead atoms. The number of fused-ring (bicyclic) bond motifs is 1. The lowest BCUT2D eigenvalue weighted by molar-refractivity contribution is -0.905. The van der Waals surface area contributed by atoms with Crippen molar-refractivity contribution in [3.63, 3.8) is 0 Å². The first-order valence-electron chi connectivity index (χ1n) is 11.3. The molecule has 0 saturated heterocycles. The maximum Gasteiger partial charge on any atom is 0.227 e. The highest BCUT2D eigenvalue weighted by atomic mass is 16.5. The van der Waals surface area contributed by atoms with E-state index in [4.69, 9.17) is 14.7 Å². The van der Waals surface area contributed by atoms with Gasteiger partial charge in [0.05, 0.1) is 17.6 Å². The molecule has 1 fully saturated rings. The predicted molar refractivity (Wildman–Crippen MR) is 126 cm³/mol. The Morgan fingerprint density at radius 1 is 1.24 bits per heavy atom. The van der Waals surface area contributed by atoms with E-state index in [1.165, 1.54) is 0 Å². The summed E-state index contributed by atoms with van der Waals surface area (Å²) in [5, 5.41) is 31.4. The van der Waals surface area contributed by atoms with Crippen LogP contribution in [0.4, 0.5) is 5.82 Å². The molecule has 0 aliphatic heterocycles. The number of ether oxygens (including phenoxy) is 1. The van der Waals surface area contributed by atoms with Crippen molar-refractivity contribution in [2.75, 3.05) is 25.5 Å². The van der Waals surface area contributed by atoms with Gasteiger partial charge in [-0.1, -0.05) is 12.1 Å². The van der Waals surface area contributed by atoms with Crippen LogP contribution in [0.5, 0.6) is 5.75 Å². The molecular formula is C24H28N7O3+. The number of nitrogens with one attached hydrogen (secondary N) is 2. The van der Waals surface area contributed by atoms with Gasteiger partial charge in [0, 0.05) is 35.0 Å². The van der Waals surface area contributed by atoms with E-state index in [0.717, 1.165) is 39.7 Å². The molecule has 10 heteroatoms. The molecule has 0 amide bonds. The average Bonchev–Trinajstić information content (AvgIpc) is 3.60. The molecule has 1 unspecified atom stereocenters. The van der Waals surface area contributed by atoms with Crippen LogP contribution in [0.1, 0.15) is 24.4 Å². The number of aromatic nitrogens is 5. The minimum Gasteiger partial charge on any atom is -0.491 e. The molecule has 10 nitrogen and oxygen atoms in total. The van der Waals surface area contributed by atoms with Crippen molar-refractivity contribution in [3.8, 4) is 17.1 Å². The molecule has 1 aliphatic rings. The second kappa shape index (κ2) is 9.62. The van der Waals surface area contributed by atoms with Crippen molar-refractivity contribution in [1.29, 1.82) is 0 Å². The number of hydrogen-bond acceptors (Lipinski definition) is 8. The second-order valence-electron chi connectivity index (χ2n) is 8.45. The molecule has 4 aromatic rings. The van der Waals surface area contributed by atoms with Crippen LogP contribution in [0, 0.1) is 0 Å². The molecule has 1 aliphatic carbocycles. The van der Waals surface area contributed by atoms with Gasteiger partial charge in [0.2, 0.25) is 12.4 Å². The number of rotatable bonds is 10. The van der Waals surface area contributed by atoms with Crippen LogP contribution in [-0.4, -0.2) is 56.4 Å². The Kier molecular flexibility index (Phi) is 6.24. The fourth-order valence-electron chi connectivity index (χ4n) is 3.79. The summed E-state index contributed by atoms with van der Waals surface area (Å²) in [6.07, 6.45) is 6.61. The third-order valence-electron chi connectivity index (χ3n) is 5.63. The number of benzene rings is 1. The summed E-state index contributed by atoms with van der Waals surface area (Å²) in [7, 11) is 1.79. The van der Waals surface area contributed by atoms with E-state index in [1.807, 2.05) is 35.0 Å². The highest BCUT2D eigenvalue weighted by molar-refractivity contribution is 5.88. The number of aliphatic hydroxyl groups excluding tert-OH is 1. The zero-order valence-electron chi connectivity index (χ0n) is 18.9. The maximum atomic E-state index is 9.94. The van der Waals surface area contributed by atoms with Gasteiger partial charge < -0.3 is 20.5 Å². The summed E-state index contributed by atoms with van der Waals surface area (Å²) in [4.78, 5) is 9.66.